The molecule has 0 spiro atoms. The fourth-order valence-corrected chi connectivity index (χ4v) is 4.62. The van der Waals surface area contributed by atoms with E-state index in [0.717, 1.165) is 28.9 Å². The first kappa shape index (κ1) is 13.6. The van der Waals surface area contributed by atoms with Gasteiger partial charge in [-0.3, -0.25) is 9.19 Å². The van der Waals surface area contributed by atoms with Crippen molar-refractivity contribution in [3.8, 4) is 10.7 Å². The minimum absolute atomic E-state index is 0.168. The van der Waals surface area contributed by atoms with Gasteiger partial charge in [0, 0.05) is 40.6 Å². The van der Waals surface area contributed by atoms with E-state index in [4.69, 9.17) is 0 Å². The Morgan fingerprint density at radius 1 is 1.25 bits per heavy atom. The summed E-state index contributed by atoms with van der Waals surface area (Å²) in [5.74, 6) is 0. The second-order valence-electron chi connectivity index (χ2n) is 4.96. The van der Waals surface area contributed by atoms with Gasteiger partial charge in [-0.25, -0.2) is 0 Å². The average molecular weight is 308 g/mol. The molecular formula is C13H16N4OS2. The molecule has 0 amide bonds. The third-order valence-corrected chi connectivity index (χ3v) is 6.21. The quantitative estimate of drug-likeness (QED) is 0.848. The predicted octanol–water partition coefficient (Wildman–Crippen LogP) is 1.95. The Labute approximate surface area is 124 Å². The summed E-state index contributed by atoms with van der Waals surface area (Å²) in [6.45, 7) is 5.60. The Balaban J connectivity index is 1.82. The van der Waals surface area contributed by atoms with Crippen LogP contribution in [0.15, 0.2) is 24.4 Å². The van der Waals surface area contributed by atoms with E-state index in [1.807, 2.05) is 32.0 Å². The van der Waals surface area contributed by atoms with Crippen LogP contribution in [-0.2, 0) is 10.8 Å². The van der Waals surface area contributed by atoms with Gasteiger partial charge in [-0.05, 0) is 26.0 Å². The molecule has 2 unspecified atom stereocenters. The third kappa shape index (κ3) is 2.60. The van der Waals surface area contributed by atoms with Gasteiger partial charge in [0.15, 0.2) is 5.01 Å². The second kappa shape index (κ2) is 5.57. The van der Waals surface area contributed by atoms with E-state index in [0.29, 0.717) is 0 Å². The summed E-state index contributed by atoms with van der Waals surface area (Å²) in [7, 11) is -0.751. The number of nitrogens with zero attached hydrogens (tertiary/aromatic N) is 4. The maximum absolute atomic E-state index is 12.0. The van der Waals surface area contributed by atoms with Crippen LogP contribution in [0.3, 0.4) is 0 Å². The topological polar surface area (TPSA) is 59.0 Å². The van der Waals surface area contributed by atoms with Crippen LogP contribution < -0.4 is 4.90 Å². The van der Waals surface area contributed by atoms with Crippen molar-refractivity contribution >= 4 is 27.3 Å². The molecule has 1 saturated heterocycles. The number of aromatic nitrogens is 3. The van der Waals surface area contributed by atoms with Crippen LogP contribution >= 0.6 is 11.3 Å². The molecule has 5 nitrogen and oxygen atoms in total. The zero-order valence-electron chi connectivity index (χ0n) is 11.4. The number of hydrogen-bond donors (Lipinski definition) is 0. The van der Waals surface area contributed by atoms with Gasteiger partial charge in [0.25, 0.3) is 0 Å². The molecule has 7 heteroatoms. The van der Waals surface area contributed by atoms with Crippen molar-refractivity contribution in [2.75, 3.05) is 18.0 Å². The van der Waals surface area contributed by atoms with Gasteiger partial charge in [0.1, 0.15) is 5.69 Å². The van der Waals surface area contributed by atoms with Gasteiger partial charge in [0.05, 0.1) is 0 Å². The Morgan fingerprint density at radius 2 is 2.00 bits per heavy atom. The van der Waals surface area contributed by atoms with Gasteiger partial charge in [-0.15, -0.1) is 10.2 Å². The summed E-state index contributed by atoms with van der Waals surface area (Å²) in [6.07, 6.45) is 1.75. The highest BCUT2D eigenvalue weighted by Gasteiger charge is 2.30. The van der Waals surface area contributed by atoms with Gasteiger partial charge in [0.2, 0.25) is 5.13 Å². The summed E-state index contributed by atoms with van der Waals surface area (Å²) >= 11 is 1.54. The highest BCUT2D eigenvalue weighted by atomic mass is 32.2. The van der Waals surface area contributed by atoms with Gasteiger partial charge in [-0.2, -0.15) is 0 Å². The molecular weight excluding hydrogens is 292 g/mol. The molecule has 106 valence electrons. The van der Waals surface area contributed by atoms with Crippen molar-refractivity contribution in [1.82, 2.24) is 15.2 Å². The summed E-state index contributed by atoms with van der Waals surface area (Å²) in [5, 5.41) is 10.5. The maximum atomic E-state index is 12.0. The molecule has 1 aliphatic heterocycles. The van der Waals surface area contributed by atoms with Crippen LogP contribution in [0, 0.1) is 0 Å². The lowest BCUT2D eigenvalue weighted by Crippen LogP contribution is -2.47. The monoisotopic (exact) mass is 308 g/mol. The minimum atomic E-state index is -0.751. The molecule has 1 fully saturated rings. The van der Waals surface area contributed by atoms with Crippen molar-refractivity contribution in [2.45, 2.75) is 24.3 Å². The molecule has 0 saturated carbocycles. The van der Waals surface area contributed by atoms with Gasteiger partial charge >= 0.3 is 0 Å². The van der Waals surface area contributed by atoms with Gasteiger partial charge < -0.3 is 4.90 Å². The van der Waals surface area contributed by atoms with Gasteiger partial charge in [-0.1, -0.05) is 17.4 Å². The summed E-state index contributed by atoms with van der Waals surface area (Å²) < 4.78 is 12.0. The maximum Gasteiger partial charge on any atom is 0.208 e. The van der Waals surface area contributed by atoms with Crippen molar-refractivity contribution < 1.29 is 4.21 Å². The average Bonchev–Trinajstić information content (AvgIpc) is 2.95. The van der Waals surface area contributed by atoms with E-state index in [2.05, 4.69) is 20.1 Å². The van der Waals surface area contributed by atoms with E-state index in [1.54, 1.807) is 17.5 Å². The van der Waals surface area contributed by atoms with Crippen LogP contribution in [0.1, 0.15) is 13.8 Å². The van der Waals surface area contributed by atoms with E-state index >= 15 is 0 Å². The predicted molar refractivity (Wildman–Crippen MR) is 82.4 cm³/mol. The number of hydrogen-bond acceptors (Lipinski definition) is 6. The van der Waals surface area contributed by atoms with E-state index in [1.165, 1.54) is 0 Å². The normalized spacial score (nSPS) is 26.7. The van der Waals surface area contributed by atoms with E-state index in [9.17, 15) is 4.21 Å². The standard InChI is InChI=1S/C13H16N4OS2/c1-9-7-17(8-10(2)20(9)18)13-16-15-12(19-13)11-5-3-4-6-14-11/h3-6,9-10H,7-8H2,1-2H3. The molecule has 20 heavy (non-hydrogen) atoms. The van der Waals surface area contributed by atoms with Crippen LogP contribution in [0.5, 0.6) is 0 Å². The van der Waals surface area contributed by atoms with Crippen molar-refractivity contribution in [3.05, 3.63) is 24.4 Å². The van der Waals surface area contributed by atoms with Crippen molar-refractivity contribution in [2.24, 2.45) is 0 Å². The largest absolute Gasteiger partial charge is 0.344 e. The molecule has 0 aliphatic carbocycles. The molecule has 2 aromatic heterocycles. The molecule has 0 N–H and O–H groups in total. The molecule has 3 heterocycles. The lowest BCUT2D eigenvalue weighted by Gasteiger charge is -2.33. The Kier molecular flexibility index (Phi) is 3.80. The number of anilines is 1. The Bertz CT molecular complexity index is 602. The van der Waals surface area contributed by atoms with E-state index in [-0.39, 0.29) is 10.5 Å². The highest BCUT2D eigenvalue weighted by Crippen LogP contribution is 2.29. The van der Waals surface area contributed by atoms with Crippen molar-refractivity contribution in [1.29, 1.82) is 0 Å². The van der Waals surface area contributed by atoms with Crippen LogP contribution in [0.4, 0.5) is 5.13 Å². The first-order valence-corrected chi connectivity index (χ1v) is 8.63. The SMILES string of the molecule is CC1CN(c2nnc(-c3ccccn3)s2)CC(C)S1=O. The minimum Gasteiger partial charge on any atom is -0.344 e. The summed E-state index contributed by atoms with van der Waals surface area (Å²) in [6, 6.07) is 5.76. The molecule has 0 aromatic carbocycles. The molecule has 3 rings (SSSR count). The fourth-order valence-electron chi connectivity index (χ4n) is 2.33. The molecule has 1 aliphatic rings. The zero-order valence-corrected chi connectivity index (χ0v) is 13.0. The number of rotatable bonds is 2. The van der Waals surface area contributed by atoms with Crippen LogP contribution in [-0.4, -0.2) is 43.0 Å². The molecule has 2 aromatic rings. The fraction of sp³-hybridized carbons (Fsp3) is 0.462. The second-order valence-corrected chi connectivity index (χ2v) is 8.18. The highest BCUT2D eigenvalue weighted by molar-refractivity contribution is 7.86. The Morgan fingerprint density at radius 3 is 2.65 bits per heavy atom. The molecule has 0 bridgehead atoms. The van der Waals surface area contributed by atoms with Crippen LogP contribution in [0.2, 0.25) is 0 Å². The van der Waals surface area contributed by atoms with Crippen molar-refractivity contribution in [3.63, 3.8) is 0 Å². The lowest BCUT2D eigenvalue weighted by molar-refractivity contribution is 0.630. The smallest absolute Gasteiger partial charge is 0.208 e. The zero-order chi connectivity index (χ0) is 14.1. The summed E-state index contributed by atoms with van der Waals surface area (Å²) in [4.78, 5) is 6.47. The molecule has 2 atom stereocenters. The Hall–Kier alpha value is -1.34. The van der Waals surface area contributed by atoms with E-state index < -0.39 is 10.8 Å². The third-order valence-electron chi connectivity index (χ3n) is 3.32. The summed E-state index contributed by atoms with van der Waals surface area (Å²) in [5.41, 5.74) is 0.845. The molecule has 0 radical (unpaired) electrons. The first-order chi connectivity index (χ1) is 9.65. The number of pyridine rings is 1. The van der Waals surface area contributed by atoms with Crippen LogP contribution in [0.25, 0.3) is 10.7 Å². The first-order valence-electron chi connectivity index (χ1n) is 6.54. The lowest BCUT2D eigenvalue weighted by atomic mass is 10.3.